The van der Waals surface area contributed by atoms with Crippen LogP contribution in [0.4, 0.5) is 15.8 Å². The van der Waals surface area contributed by atoms with Crippen molar-refractivity contribution in [3.8, 4) is 0 Å². The van der Waals surface area contributed by atoms with E-state index in [9.17, 15) is 28.9 Å². The third kappa shape index (κ3) is 6.02. The number of hydrogen-bond donors (Lipinski definition) is 2. The summed E-state index contributed by atoms with van der Waals surface area (Å²) in [6.07, 6.45) is 0. The molecular weight excluding hydrogens is 397 g/mol. The zero-order valence-corrected chi connectivity index (χ0v) is 14.9. The average molecular weight is 410 g/mol. The number of anilines is 1. The zero-order valence-electron chi connectivity index (χ0n) is 14.1. The molecule has 0 spiro atoms. The minimum atomic E-state index is -0.911. The SMILES string of the molecule is O=C(COC(=O)CNC(=O)c1ccc(Cl)c([N+](=O)[O-])c1)Nc1cccc(F)c1. The monoisotopic (exact) mass is 409 g/mol. The fourth-order valence-corrected chi connectivity index (χ4v) is 2.20. The summed E-state index contributed by atoms with van der Waals surface area (Å²) >= 11 is 5.65. The van der Waals surface area contributed by atoms with E-state index in [0.29, 0.717) is 0 Å². The topological polar surface area (TPSA) is 128 Å². The first-order valence-corrected chi connectivity index (χ1v) is 8.07. The Morgan fingerprint density at radius 3 is 2.61 bits per heavy atom. The van der Waals surface area contributed by atoms with Gasteiger partial charge in [0.15, 0.2) is 6.61 Å². The molecule has 0 aliphatic heterocycles. The van der Waals surface area contributed by atoms with Gasteiger partial charge in [-0.05, 0) is 30.3 Å². The minimum Gasteiger partial charge on any atom is -0.454 e. The molecule has 0 bridgehead atoms. The zero-order chi connectivity index (χ0) is 20.7. The molecule has 0 fully saturated rings. The van der Waals surface area contributed by atoms with Crippen LogP contribution in [0.25, 0.3) is 0 Å². The van der Waals surface area contributed by atoms with Crippen LogP contribution in [0.1, 0.15) is 10.4 Å². The molecule has 0 aromatic heterocycles. The number of hydrogen-bond acceptors (Lipinski definition) is 6. The van der Waals surface area contributed by atoms with Gasteiger partial charge in [-0.1, -0.05) is 17.7 Å². The van der Waals surface area contributed by atoms with Crippen LogP contribution in [-0.4, -0.2) is 35.9 Å². The summed E-state index contributed by atoms with van der Waals surface area (Å²) in [5, 5.41) is 15.2. The highest BCUT2D eigenvalue weighted by atomic mass is 35.5. The van der Waals surface area contributed by atoms with E-state index in [1.807, 2.05) is 0 Å². The lowest BCUT2D eigenvalue weighted by atomic mass is 10.2. The molecule has 0 saturated carbocycles. The van der Waals surface area contributed by atoms with Crippen LogP contribution >= 0.6 is 11.6 Å². The summed E-state index contributed by atoms with van der Waals surface area (Å²) in [4.78, 5) is 45.3. The maximum atomic E-state index is 13.0. The molecule has 0 atom stereocenters. The van der Waals surface area contributed by atoms with Crippen LogP contribution in [0.3, 0.4) is 0 Å². The average Bonchev–Trinajstić information content (AvgIpc) is 2.64. The first kappa shape index (κ1) is 20.8. The van der Waals surface area contributed by atoms with Crippen molar-refractivity contribution in [2.24, 2.45) is 0 Å². The maximum absolute atomic E-state index is 13.0. The quantitative estimate of drug-likeness (QED) is 0.410. The van der Waals surface area contributed by atoms with Gasteiger partial charge in [-0.2, -0.15) is 0 Å². The lowest BCUT2D eigenvalue weighted by Crippen LogP contribution is -2.32. The molecule has 28 heavy (non-hydrogen) atoms. The van der Waals surface area contributed by atoms with Gasteiger partial charge in [0.05, 0.1) is 4.92 Å². The van der Waals surface area contributed by atoms with E-state index in [-0.39, 0.29) is 16.3 Å². The summed E-state index contributed by atoms with van der Waals surface area (Å²) in [5.74, 6) is -2.91. The van der Waals surface area contributed by atoms with E-state index < -0.39 is 47.4 Å². The number of esters is 1. The molecule has 0 unspecified atom stereocenters. The molecule has 2 amide bonds. The van der Waals surface area contributed by atoms with Crippen LogP contribution in [0.2, 0.25) is 5.02 Å². The normalized spacial score (nSPS) is 10.1. The summed E-state index contributed by atoms with van der Waals surface area (Å²) in [6.45, 7) is -1.21. The van der Waals surface area contributed by atoms with Crippen molar-refractivity contribution in [3.63, 3.8) is 0 Å². The van der Waals surface area contributed by atoms with Crippen LogP contribution in [-0.2, 0) is 14.3 Å². The van der Waals surface area contributed by atoms with Crippen LogP contribution < -0.4 is 10.6 Å². The first-order chi connectivity index (χ1) is 13.3. The third-order valence-electron chi connectivity index (χ3n) is 3.27. The number of nitrogens with one attached hydrogen (secondary N) is 2. The molecule has 0 radical (unpaired) electrons. The van der Waals surface area contributed by atoms with E-state index >= 15 is 0 Å². The Kier molecular flexibility index (Phi) is 6.99. The van der Waals surface area contributed by atoms with E-state index in [0.717, 1.165) is 12.1 Å². The number of nitro groups is 1. The van der Waals surface area contributed by atoms with Crippen molar-refractivity contribution >= 4 is 40.8 Å². The van der Waals surface area contributed by atoms with Crippen molar-refractivity contribution < 1.29 is 28.4 Å². The Hall–Kier alpha value is -3.53. The summed E-state index contributed by atoms with van der Waals surface area (Å²) in [6, 6.07) is 8.54. The molecule has 146 valence electrons. The van der Waals surface area contributed by atoms with Gasteiger partial charge in [-0.15, -0.1) is 0 Å². The number of carbonyl (C=O) groups excluding carboxylic acids is 3. The van der Waals surface area contributed by atoms with E-state index in [1.165, 1.54) is 30.3 Å². The number of halogens is 2. The van der Waals surface area contributed by atoms with Gasteiger partial charge < -0.3 is 15.4 Å². The van der Waals surface area contributed by atoms with Crippen molar-refractivity contribution in [2.75, 3.05) is 18.5 Å². The van der Waals surface area contributed by atoms with Crippen molar-refractivity contribution in [1.82, 2.24) is 5.32 Å². The van der Waals surface area contributed by atoms with Gasteiger partial charge in [0, 0.05) is 17.3 Å². The van der Waals surface area contributed by atoms with Gasteiger partial charge in [0.25, 0.3) is 17.5 Å². The van der Waals surface area contributed by atoms with Crippen LogP contribution in [0.15, 0.2) is 42.5 Å². The fourth-order valence-electron chi connectivity index (χ4n) is 2.01. The predicted molar refractivity (Wildman–Crippen MR) is 96.4 cm³/mol. The number of nitro benzene ring substituents is 1. The van der Waals surface area contributed by atoms with Gasteiger partial charge in [0.1, 0.15) is 17.4 Å². The number of ether oxygens (including phenoxy) is 1. The molecule has 11 heteroatoms. The highest BCUT2D eigenvalue weighted by Gasteiger charge is 2.17. The van der Waals surface area contributed by atoms with Gasteiger partial charge in [-0.3, -0.25) is 24.5 Å². The van der Waals surface area contributed by atoms with Crippen molar-refractivity contribution in [3.05, 3.63) is 69.0 Å². The Bertz CT molecular complexity index is 937. The van der Waals surface area contributed by atoms with Crippen molar-refractivity contribution in [1.29, 1.82) is 0 Å². The number of benzene rings is 2. The van der Waals surface area contributed by atoms with Gasteiger partial charge >= 0.3 is 5.97 Å². The maximum Gasteiger partial charge on any atom is 0.325 e. The molecule has 2 rings (SSSR count). The molecule has 0 saturated heterocycles. The Morgan fingerprint density at radius 2 is 1.93 bits per heavy atom. The Morgan fingerprint density at radius 1 is 1.18 bits per heavy atom. The van der Waals surface area contributed by atoms with Gasteiger partial charge in [0.2, 0.25) is 0 Å². The number of amides is 2. The summed E-state index contributed by atoms with van der Waals surface area (Å²) in [7, 11) is 0. The minimum absolute atomic E-state index is 0.0762. The second-order valence-corrected chi connectivity index (χ2v) is 5.73. The summed E-state index contributed by atoms with van der Waals surface area (Å²) < 4.78 is 17.7. The molecule has 0 aliphatic carbocycles. The Balaban J connectivity index is 1.80. The van der Waals surface area contributed by atoms with Gasteiger partial charge in [-0.25, -0.2) is 4.39 Å². The fraction of sp³-hybridized carbons (Fsp3) is 0.118. The number of rotatable bonds is 7. The first-order valence-electron chi connectivity index (χ1n) is 7.69. The molecule has 9 nitrogen and oxygen atoms in total. The van der Waals surface area contributed by atoms with E-state index in [2.05, 4.69) is 15.4 Å². The van der Waals surface area contributed by atoms with Crippen LogP contribution in [0, 0.1) is 15.9 Å². The highest BCUT2D eigenvalue weighted by molar-refractivity contribution is 6.32. The van der Waals surface area contributed by atoms with E-state index in [4.69, 9.17) is 11.6 Å². The molecule has 2 N–H and O–H groups in total. The molecule has 2 aromatic carbocycles. The molecule has 2 aromatic rings. The second-order valence-electron chi connectivity index (χ2n) is 5.33. The third-order valence-corrected chi connectivity index (χ3v) is 3.59. The van der Waals surface area contributed by atoms with Crippen molar-refractivity contribution in [2.45, 2.75) is 0 Å². The molecule has 0 heterocycles. The predicted octanol–water partition coefficient (Wildman–Crippen LogP) is 2.30. The largest absolute Gasteiger partial charge is 0.454 e. The lowest BCUT2D eigenvalue weighted by molar-refractivity contribution is -0.384. The smallest absolute Gasteiger partial charge is 0.325 e. The Labute approximate surface area is 162 Å². The van der Waals surface area contributed by atoms with E-state index in [1.54, 1.807) is 0 Å². The molecule has 0 aliphatic rings. The highest BCUT2D eigenvalue weighted by Crippen LogP contribution is 2.24. The standard InChI is InChI=1S/C17H13ClFN3O6/c18-13-5-4-10(6-14(13)22(26)27)17(25)20-8-16(24)28-9-15(23)21-12-3-1-2-11(19)7-12/h1-7H,8-9H2,(H,20,25)(H,21,23). The summed E-state index contributed by atoms with van der Waals surface area (Å²) in [5.41, 5.74) is -0.336. The molecular formula is C17H13ClFN3O6. The lowest BCUT2D eigenvalue weighted by Gasteiger charge is -2.08. The number of carbonyl (C=O) groups is 3. The second kappa shape index (κ2) is 9.42. The number of nitrogens with zero attached hydrogens (tertiary/aromatic N) is 1. The van der Waals surface area contributed by atoms with Crippen LogP contribution in [0.5, 0.6) is 0 Å².